The number of nitrogens with zero attached hydrogens (tertiary/aromatic N) is 5. The van der Waals surface area contributed by atoms with Crippen LogP contribution in [0.2, 0.25) is 0 Å². The molecule has 4 rings (SSSR count). The Morgan fingerprint density at radius 3 is 3.00 bits per heavy atom. The molecule has 0 radical (unpaired) electrons. The molecule has 3 aliphatic rings. The molecule has 0 N–H and O–H groups in total. The molecule has 8 heteroatoms. The first kappa shape index (κ1) is 15.0. The first-order valence-corrected chi connectivity index (χ1v) is 8.33. The van der Waals surface area contributed by atoms with Crippen molar-refractivity contribution in [1.82, 2.24) is 24.6 Å². The summed E-state index contributed by atoms with van der Waals surface area (Å²) in [5, 5.41) is 4.11. The zero-order valence-electron chi connectivity index (χ0n) is 13.4. The smallest absolute Gasteiger partial charge is 0.293 e. The number of aromatic nitrogens is 3. The van der Waals surface area contributed by atoms with Crippen LogP contribution >= 0.6 is 0 Å². The van der Waals surface area contributed by atoms with Gasteiger partial charge in [0, 0.05) is 39.8 Å². The van der Waals surface area contributed by atoms with Gasteiger partial charge in [0.05, 0.1) is 24.9 Å². The summed E-state index contributed by atoms with van der Waals surface area (Å²) in [7, 11) is 1.76. The van der Waals surface area contributed by atoms with E-state index in [9.17, 15) is 4.79 Å². The van der Waals surface area contributed by atoms with Gasteiger partial charge in [0.25, 0.3) is 5.91 Å². The maximum absolute atomic E-state index is 12.5. The second kappa shape index (κ2) is 6.18. The summed E-state index contributed by atoms with van der Waals surface area (Å²) >= 11 is 0. The molecular weight excluding hydrogens is 298 g/mol. The molecule has 0 spiro atoms. The summed E-state index contributed by atoms with van der Waals surface area (Å²) in [5.74, 6) is 0.150. The van der Waals surface area contributed by atoms with Crippen molar-refractivity contribution in [3.05, 3.63) is 12.2 Å². The Morgan fingerprint density at radius 1 is 1.35 bits per heavy atom. The average molecular weight is 321 g/mol. The molecule has 8 nitrogen and oxygen atoms in total. The lowest BCUT2D eigenvalue weighted by Crippen LogP contribution is -2.52. The molecule has 0 aliphatic carbocycles. The van der Waals surface area contributed by atoms with Gasteiger partial charge in [0.15, 0.2) is 0 Å². The summed E-state index contributed by atoms with van der Waals surface area (Å²) in [6, 6.07) is 0.251. The van der Waals surface area contributed by atoms with Gasteiger partial charge in [-0.25, -0.2) is 4.98 Å². The molecule has 3 unspecified atom stereocenters. The Morgan fingerprint density at radius 2 is 2.26 bits per heavy atom. The standard InChI is InChI=1S/C15H23N5O3/c1-18-10-16-14(17-18)15(21)20-8-12-13(9-20)23-6-4-19(12)7-11-3-2-5-22-11/h10-13H,2-9H2,1H3. The Bertz CT molecular complexity index is 571. The number of ether oxygens (including phenoxy) is 2. The second-order valence-corrected chi connectivity index (χ2v) is 6.56. The molecule has 126 valence electrons. The fourth-order valence-electron chi connectivity index (χ4n) is 3.78. The minimum atomic E-state index is -0.110. The highest BCUT2D eigenvalue weighted by Crippen LogP contribution is 2.25. The molecule has 0 aromatic carbocycles. The first-order valence-electron chi connectivity index (χ1n) is 8.33. The van der Waals surface area contributed by atoms with Crippen molar-refractivity contribution in [3.8, 4) is 0 Å². The number of amides is 1. The van der Waals surface area contributed by atoms with Crippen molar-refractivity contribution in [2.75, 3.05) is 39.4 Å². The number of likely N-dealkylation sites (tertiary alicyclic amines) is 1. The Balaban J connectivity index is 1.42. The van der Waals surface area contributed by atoms with E-state index in [2.05, 4.69) is 15.0 Å². The lowest BCUT2D eigenvalue weighted by Gasteiger charge is -2.37. The third kappa shape index (κ3) is 2.98. The fourth-order valence-corrected chi connectivity index (χ4v) is 3.78. The van der Waals surface area contributed by atoms with Gasteiger partial charge in [0.2, 0.25) is 5.82 Å². The zero-order valence-corrected chi connectivity index (χ0v) is 13.4. The minimum Gasteiger partial charge on any atom is -0.377 e. The molecule has 0 bridgehead atoms. The maximum Gasteiger partial charge on any atom is 0.293 e. The molecule has 3 saturated heterocycles. The number of carbonyl (C=O) groups excluding carboxylic acids is 1. The van der Waals surface area contributed by atoms with E-state index in [1.54, 1.807) is 18.1 Å². The monoisotopic (exact) mass is 321 g/mol. The Hall–Kier alpha value is -1.51. The SMILES string of the molecule is Cn1cnc(C(=O)N2CC3OCCN(CC4CCCO4)C3C2)n1. The van der Waals surface area contributed by atoms with E-state index in [-0.39, 0.29) is 23.9 Å². The number of hydrogen-bond acceptors (Lipinski definition) is 6. The van der Waals surface area contributed by atoms with Crippen LogP contribution in [0.1, 0.15) is 23.5 Å². The molecule has 3 fully saturated rings. The van der Waals surface area contributed by atoms with Crippen LogP contribution in [0.3, 0.4) is 0 Å². The first-order chi connectivity index (χ1) is 11.2. The highest BCUT2D eigenvalue weighted by atomic mass is 16.5. The molecule has 1 amide bonds. The van der Waals surface area contributed by atoms with Crippen molar-refractivity contribution < 1.29 is 14.3 Å². The number of morpholine rings is 1. The van der Waals surface area contributed by atoms with Gasteiger partial charge < -0.3 is 14.4 Å². The lowest BCUT2D eigenvalue weighted by molar-refractivity contribution is -0.0614. The van der Waals surface area contributed by atoms with Gasteiger partial charge in [-0.05, 0) is 12.8 Å². The summed E-state index contributed by atoms with van der Waals surface area (Å²) in [4.78, 5) is 20.9. The van der Waals surface area contributed by atoms with E-state index in [0.717, 1.165) is 39.1 Å². The summed E-state index contributed by atoms with van der Waals surface area (Å²) in [6.45, 7) is 4.73. The number of fused-ring (bicyclic) bond motifs is 1. The van der Waals surface area contributed by atoms with Crippen molar-refractivity contribution >= 4 is 5.91 Å². The van der Waals surface area contributed by atoms with Gasteiger partial charge >= 0.3 is 0 Å². The highest BCUT2D eigenvalue weighted by molar-refractivity contribution is 5.90. The molecule has 3 aliphatic heterocycles. The van der Waals surface area contributed by atoms with Crippen LogP contribution in [0, 0.1) is 0 Å². The summed E-state index contributed by atoms with van der Waals surface area (Å²) in [5.41, 5.74) is 0. The zero-order chi connectivity index (χ0) is 15.8. The van der Waals surface area contributed by atoms with Gasteiger partial charge in [-0.15, -0.1) is 5.10 Å². The molecule has 23 heavy (non-hydrogen) atoms. The molecule has 4 heterocycles. The molecule has 1 aromatic heterocycles. The van der Waals surface area contributed by atoms with Crippen LogP contribution in [0.4, 0.5) is 0 Å². The van der Waals surface area contributed by atoms with Crippen LogP contribution in [0.5, 0.6) is 0 Å². The maximum atomic E-state index is 12.5. The average Bonchev–Trinajstić information content (AvgIpc) is 3.26. The predicted molar refractivity (Wildman–Crippen MR) is 81.0 cm³/mol. The normalized spacial score (nSPS) is 31.5. The second-order valence-electron chi connectivity index (χ2n) is 6.56. The Labute approximate surface area is 135 Å². The summed E-state index contributed by atoms with van der Waals surface area (Å²) < 4.78 is 13.2. The third-order valence-corrected chi connectivity index (χ3v) is 4.96. The topological polar surface area (TPSA) is 72.7 Å². The van der Waals surface area contributed by atoms with E-state index < -0.39 is 0 Å². The molecule has 1 aromatic rings. The van der Waals surface area contributed by atoms with E-state index >= 15 is 0 Å². The van der Waals surface area contributed by atoms with Crippen molar-refractivity contribution in [1.29, 1.82) is 0 Å². The fraction of sp³-hybridized carbons (Fsp3) is 0.800. The van der Waals surface area contributed by atoms with Crippen molar-refractivity contribution in [2.45, 2.75) is 31.1 Å². The van der Waals surface area contributed by atoms with Crippen LogP contribution in [0.25, 0.3) is 0 Å². The number of rotatable bonds is 3. The molecule has 3 atom stereocenters. The predicted octanol–water partition coefficient (Wildman–Crippen LogP) is -0.481. The number of carbonyl (C=O) groups is 1. The van der Waals surface area contributed by atoms with E-state index in [1.165, 1.54) is 0 Å². The summed E-state index contributed by atoms with van der Waals surface area (Å²) in [6.07, 6.45) is 4.25. The Kier molecular flexibility index (Phi) is 4.04. The van der Waals surface area contributed by atoms with Crippen LogP contribution < -0.4 is 0 Å². The van der Waals surface area contributed by atoms with Crippen molar-refractivity contribution in [2.24, 2.45) is 7.05 Å². The third-order valence-electron chi connectivity index (χ3n) is 4.96. The van der Waals surface area contributed by atoms with Crippen LogP contribution in [0.15, 0.2) is 6.33 Å². The largest absolute Gasteiger partial charge is 0.377 e. The number of hydrogen-bond donors (Lipinski definition) is 0. The van der Waals surface area contributed by atoms with Crippen LogP contribution in [-0.2, 0) is 16.5 Å². The van der Waals surface area contributed by atoms with E-state index in [4.69, 9.17) is 9.47 Å². The van der Waals surface area contributed by atoms with Crippen molar-refractivity contribution in [3.63, 3.8) is 0 Å². The molecular formula is C15H23N5O3. The highest BCUT2D eigenvalue weighted by Gasteiger charge is 2.43. The van der Waals surface area contributed by atoms with Gasteiger partial charge in [-0.3, -0.25) is 14.4 Å². The van der Waals surface area contributed by atoms with Gasteiger partial charge in [0.1, 0.15) is 6.33 Å². The van der Waals surface area contributed by atoms with E-state index in [1.807, 2.05) is 4.90 Å². The number of aryl methyl sites for hydroxylation is 1. The van der Waals surface area contributed by atoms with E-state index in [0.29, 0.717) is 19.2 Å². The minimum absolute atomic E-state index is 0.0813. The lowest BCUT2D eigenvalue weighted by atomic mass is 10.1. The molecule has 0 saturated carbocycles. The van der Waals surface area contributed by atoms with Gasteiger partial charge in [-0.1, -0.05) is 0 Å². The van der Waals surface area contributed by atoms with Gasteiger partial charge in [-0.2, -0.15) is 0 Å². The van der Waals surface area contributed by atoms with Crippen LogP contribution in [-0.4, -0.2) is 88.1 Å². The quantitative estimate of drug-likeness (QED) is 0.749.